The average molecular weight is 1130 g/mol. The minimum atomic E-state index is -0.605. The summed E-state index contributed by atoms with van der Waals surface area (Å²) in [7, 11) is 0. The number of esters is 2. The van der Waals surface area contributed by atoms with E-state index in [1.807, 2.05) is 36.9 Å². The van der Waals surface area contributed by atoms with Gasteiger partial charge in [0, 0.05) is 59.5 Å². The van der Waals surface area contributed by atoms with Crippen molar-refractivity contribution in [2.45, 2.75) is 144 Å². The van der Waals surface area contributed by atoms with Crippen LogP contribution in [0.3, 0.4) is 0 Å². The molecule has 1 amide bonds. The van der Waals surface area contributed by atoms with Crippen molar-refractivity contribution in [3.05, 3.63) is 190 Å². The van der Waals surface area contributed by atoms with Crippen LogP contribution in [0.15, 0.2) is 128 Å². The van der Waals surface area contributed by atoms with E-state index in [1.165, 1.54) is 73.2 Å². The van der Waals surface area contributed by atoms with E-state index in [-0.39, 0.29) is 18.1 Å². The third-order valence-corrected chi connectivity index (χ3v) is 14.1. The quantitative estimate of drug-likeness (QED) is 0.0766. The van der Waals surface area contributed by atoms with E-state index >= 15 is 4.39 Å². The highest BCUT2D eigenvalue weighted by Gasteiger charge is 2.29. The SMILES string of the molecule is CC1CCCCc2ccccc21.CCc1cc(C(=O)N2CCCc3ccccc3C2C)nc2cc(-c3ccc(/C=C/C(=O)OC(C)(C)C)cc3F)nn12.CCc1ccnc2cc(-c3ccc(/C=C/C(=O)OC(C)(C)C)cc3F)nn12.O=C=O. The molecule has 14 nitrogen and oxygen atoms in total. The van der Waals surface area contributed by atoms with E-state index in [4.69, 9.17) is 19.1 Å². The fraction of sp³-hybridized carbons (Fsp3) is 0.343. The van der Waals surface area contributed by atoms with Crippen LogP contribution in [0.1, 0.15) is 162 Å². The van der Waals surface area contributed by atoms with Gasteiger partial charge in [0.2, 0.25) is 0 Å². The smallest absolute Gasteiger partial charge is 0.373 e. The van der Waals surface area contributed by atoms with Crippen molar-refractivity contribution in [2.75, 3.05) is 6.54 Å². The molecule has 8 aromatic rings. The van der Waals surface area contributed by atoms with Gasteiger partial charge in [0.25, 0.3) is 5.91 Å². The number of rotatable bonds is 9. The van der Waals surface area contributed by atoms with Crippen molar-refractivity contribution in [1.29, 1.82) is 0 Å². The third kappa shape index (κ3) is 16.5. The number of hydrogen-bond acceptors (Lipinski definition) is 11. The monoisotopic (exact) mass is 1130 g/mol. The van der Waals surface area contributed by atoms with Crippen LogP contribution >= 0.6 is 0 Å². The van der Waals surface area contributed by atoms with Crippen LogP contribution < -0.4 is 0 Å². The number of halogens is 2. The maximum atomic E-state index is 15.2. The highest BCUT2D eigenvalue weighted by Crippen LogP contribution is 2.32. The average Bonchev–Trinajstić information content (AvgIpc) is 4.24. The molecule has 0 fully saturated rings. The molecule has 16 heteroatoms. The lowest BCUT2D eigenvalue weighted by molar-refractivity contribution is -0.191. The van der Waals surface area contributed by atoms with Crippen LogP contribution in [0, 0.1) is 11.6 Å². The number of nitrogens with zero attached hydrogens (tertiary/aromatic N) is 7. The van der Waals surface area contributed by atoms with Gasteiger partial charge in [-0.2, -0.15) is 19.8 Å². The normalized spacial score (nSPS) is 15.1. The molecule has 0 radical (unpaired) electrons. The summed E-state index contributed by atoms with van der Waals surface area (Å²) in [5.74, 6) is -1.20. The first-order chi connectivity index (χ1) is 39.6. The minimum Gasteiger partial charge on any atom is -0.457 e. The van der Waals surface area contributed by atoms with Gasteiger partial charge in [-0.1, -0.05) is 87.9 Å². The molecule has 83 heavy (non-hydrogen) atoms. The number of ether oxygens (including phenoxy) is 2. The summed E-state index contributed by atoms with van der Waals surface area (Å²) in [5.41, 5.74) is 10.5. The summed E-state index contributed by atoms with van der Waals surface area (Å²) in [6.07, 6.45) is 16.3. The summed E-state index contributed by atoms with van der Waals surface area (Å²) in [6.45, 7) is 19.8. The van der Waals surface area contributed by atoms with E-state index in [0.717, 1.165) is 36.6 Å². The number of carbonyl (C=O) groups excluding carboxylic acids is 5. The first kappa shape index (κ1) is 61.9. The summed E-state index contributed by atoms with van der Waals surface area (Å²) in [4.78, 5) is 64.6. The minimum absolute atomic E-state index is 0.0678. The Morgan fingerprint density at radius 3 is 1.69 bits per heavy atom. The summed E-state index contributed by atoms with van der Waals surface area (Å²) in [5, 5.41) is 9.11. The Morgan fingerprint density at radius 1 is 0.639 bits per heavy atom. The number of carbonyl (C=O) groups is 3. The molecule has 0 saturated carbocycles. The van der Waals surface area contributed by atoms with Gasteiger partial charge in [0.05, 0.1) is 17.4 Å². The molecule has 1 aliphatic heterocycles. The Kier molecular flexibility index (Phi) is 20.7. The van der Waals surface area contributed by atoms with Crippen LogP contribution in [-0.4, -0.2) is 75.8 Å². The van der Waals surface area contributed by atoms with E-state index < -0.39 is 34.8 Å². The zero-order valence-corrected chi connectivity index (χ0v) is 49.0. The number of aromatic nitrogens is 6. The number of benzene rings is 4. The molecule has 4 aromatic heterocycles. The molecule has 432 valence electrons. The van der Waals surface area contributed by atoms with Gasteiger partial charge < -0.3 is 14.4 Å². The van der Waals surface area contributed by atoms with Gasteiger partial charge in [-0.15, -0.1) is 0 Å². The third-order valence-electron chi connectivity index (χ3n) is 14.1. The number of fused-ring (bicyclic) bond motifs is 4. The van der Waals surface area contributed by atoms with E-state index in [0.29, 0.717) is 63.6 Å². The van der Waals surface area contributed by atoms with Crippen molar-refractivity contribution >= 4 is 47.4 Å². The molecule has 0 saturated heterocycles. The predicted octanol–water partition coefficient (Wildman–Crippen LogP) is 14.0. The summed E-state index contributed by atoms with van der Waals surface area (Å²) in [6, 6.07) is 33.7. The van der Waals surface area contributed by atoms with Crippen LogP contribution in [0.2, 0.25) is 0 Å². The Balaban J connectivity index is 0.000000200. The first-order valence-electron chi connectivity index (χ1n) is 28.2. The highest BCUT2D eigenvalue weighted by molar-refractivity contribution is 5.93. The first-order valence-corrected chi connectivity index (χ1v) is 28.2. The van der Waals surface area contributed by atoms with Crippen LogP contribution in [0.4, 0.5) is 8.78 Å². The molecule has 2 unspecified atom stereocenters. The maximum absolute atomic E-state index is 15.2. The lowest BCUT2D eigenvalue weighted by Gasteiger charge is -2.28. The van der Waals surface area contributed by atoms with Crippen LogP contribution in [0.5, 0.6) is 0 Å². The van der Waals surface area contributed by atoms with Crippen molar-refractivity contribution in [2.24, 2.45) is 0 Å². The van der Waals surface area contributed by atoms with Gasteiger partial charge in [0.1, 0.15) is 28.5 Å². The van der Waals surface area contributed by atoms with Gasteiger partial charge >= 0.3 is 18.1 Å². The molecule has 0 N–H and O–H groups in total. The molecule has 4 aromatic carbocycles. The maximum Gasteiger partial charge on any atom is 0.373 e. The van der Waals surface area contributed by atoms with Gasteiger partial charge in [-0.3, -0.25) is 4.79 Å². The van der Waals surface area contributed by atoms with E-state index in [9.17, 15) is 18.8 Å². The zero-order chi connectivity index (χ0) is 60.0. The lowest BCUT2D eigenvalue weighted by atomic mass is 9.95. The molecule has 2 aliphatic rings. The molecule has 10 rings (SSSR count). The fourth-order valence-electron chi connectivity index (χ4n) is 10.1. The highest BCUT2D eigenvalue weighted by atomic mass is 19.1. The predicted molar refractivity (Wildman–Crippen MR) is 317 cm³/mol. The van der Waals surface area contributed by atoms with Crippen molar-refractivity contribution in [1.82, 2.24) is 34.1 Å². The number of hydrogen-bond donors (Lipinski definition) is 0. The molecular weight excluding hydrogens is 1050 g/mol. The number of aryl methyl sites for hydroxylation is 4. The Hall–Kier alpha value is -8.75. The van der Waals surface area contributed by atoms with Crippen molar-refractivity contribution < 1.29 is 42.2 Å². The second-order valence-corrected chi connectivity index (χ2v) is 22.5. The lowest BCUT2D eigenvalue weighted by Crippen LogP contribution is -2.34. The van der Waals surface area contributed by atoms with Crippen LogP contribution in [-0.2, 0) is 54.3 Å². The van der Waals surface area contributed by atoms with Gasteiger partial charge in [-0.05, 0) is 181 Å². The fourth-order valence-corrected chi connectivity index (χ4v) is 10.1. The molecule has 0 bridgehead atoms. The molecular formula is C67H73F2N7O7. The van der Waals surface area contributed by atoms with E-state index in [1.54, 1.807) is 110 Å². The van der Waals surface area contributed by atoms with Gasteiger partial charge in [-0.25, -0.2) is 37.4 Å². The molecule has 5 heterocycles. The van der Waals surface area contributed by atoms with Crippen molar-refractivity contribution in [3.8, 4) is 22.5 Å². The Morgan fingerprint density at radius 2 is 1.14 bits per heavy atom. The second kappa shape index (κ2) is 27.8. The largest absolute Gasteiger partial charge is 0.457 e. The number of amides is 1. The summed E-state index contributed by atoms with van der Waals surface area (Å²) >= 11 is 0. The van der Waals surface area contributed by atoms with Crippen molar-refractivity contribution in [3.63, 3.8) is 0 Å². The molecule has 1 aliphatic carbocycles. The van der Waals surface area contributed by atoms with E-state index in [2.05, 4.69) is 70.4 Å². The topological polar surface area (TPSA) is 167 Å². The molecule has 2 atom stereocenters. The zero-order valence-electron chi connectivity index (χ0n) is 49.0. The summed E-state index contributed by atoms with van der Waals surface area (Å²) < 4.78 is 43.7. The Bertz CT molecular complexity index is 3690. The molecule has 0 spiro atoms. The van der Waals surface area contributed by atoms with Crippen LogP contribution in [0.25, 0.3) is 46.0 Å². The second-order valence-electron chi connectivity index (χ2n) is 22.5. The van der Waals surface area contributed by atoms with Gasteiger partial charge in [0.15, 0.2) is 11.3 Å². The standard InChI is InChI=1S/C33H35FN4O3.C21H22FN3O2.C12H16.CO2/c1-6-24-19-29(32(40)37-17-9-11-23-10-7-8-12-25(23)21(37)2)35-30-20-28(36-38(24)30)26-15-13-22(18-27(26)34)14-16-31(39)41-33(3,4)5;1-5-15-10-11-23-19-13-18(24-25(15)19)16-8-6-14(12-17(16)22)7-9-20(26)27-21(2,3)4;1-10-6-2-3-7-11-8-4-5-9-12(10)11;2-1-3/h7-8,10,12-16,18-21H,6,9,11,17H2,1-5H3;6-13H,5H2,1-4H3;4-5,8-10H,2-3,6-7H2,1H3;/b16-14+;9-7+;;. The Labute approximate surface area is 484 Å².